The summed E-state index contributed by atoms with van der Waals surface area (Å²) in [7, 11) is 0. The van der Waals surface area contributed by atoms with Crippen LogP contribution in [0.5, 0.6) is 0 Å². The van der Waals surface area contributed by atoms with Crippen molar-refractivity contribution in [1.82, 2.24) is 0 Å². The molecular formula is C31H37F2NO2. The number of nitrogens with zero attached hydrogens (tertiary/aromatic N) is 1. The summed E-state index contributed by atoms with van der Waals surface area (Å²) in [5.41, 5.74) is 2.62. The molecule has 0 radical (unpaired) electrons. The van der Waals surface area contributed by atoms with Crippen LogP contribution in [-0.4, -0.2) is 35.0 Å². The second kappa shape index (κ2) is 8.71. The Hall–Kier alpha value is -2.16. The Bertz CT molecular complexity index is 1180. The third-order valence-corrected chi connectivity index (χ3v) is 10.2. The molecule has 1 heterocycles. The summed E-state index contributed by atoms with van der Waals surface area (Å²) in [6, 6.07) is 3.05. The number of fused-ring (bicyclic) bond motifs is 4. The third kappa shape index (κ3) is 3.51. The summed E-state index contributed by atoms with van der Waals surface area (Å²) in [4.78, 5) is 2.06. The average molecular weight is 494 g/mol. The summed E-state index contributed by atoms with van der Waals surface area (Å²) < 4.78 is 31.9. The molecule has 3 fully saturated rings. The van der Waals surface area contributed by atoms with Gasteiger partial charge in [-0.15, -0.1) is 5.92 Å². The number of hydrogen-bond donors (Lipinski definition) is 2. The minimum Gasteiger partial charge on any atom is -0.389 e. The van der Waals surface area contributed by atoms with Crippen LogP contribution >= 0.6 is 0 Å². The van der Waals surface area contributed by atoms with Crippen molar-refractivity contribution in [3.8, 4) is 11.8 Å². The van der Waals surface area contributed by atoms with Crippen molar-refractivity contribution in [2.24, 2.45) is 17.3 Å². The molecule has 1 aromatic carbocycles. The number of allylic oxidation sites excluding steroid dienone is 3. The van der Waals surface area contributed by atoms with E-state index in [0.717, 1.165) is 57.2 Å². The van der Waals surface area contributed by atoms with E-state index >= 15 is 8.78 Å². The molecule has 4 aliphatic carbocycles. The fraction of sp³-hybridized carbons (Fsp3) is 0.613. The van der Waals surface area contributed by atoms with Gasteiger partial charge >= 0.3 is 0 Å². The maximum Gasteiger partial charge on any atom is 0.131 e. The Morgan fingerprint density at radius 3 is 2.47 bits per heavy atom. The SMILES string of the molecule is CC#C[C@]1(O)CC[C@H]2[C@@H]3CCC4=CC(O)CCC4=C3[C@@H](c3c(F)cc(N4CCCC4)cc3F)C[C@@]21C. The molecule has 0 aromatic heterocycles. The largest absolute Gasteiger partial charge is 0.389 e. The zero-order chi connectivity index (χ0) is 25.2. The average Bonchev–Trinajstić information content (AvgIpc) is 3.45. The predicted molar refractivity (Wildman–Crippen MR) is 137 cm³/mol. The second-order valence-corrected chi connectivity index (χ2v) is 11.9. The molecule has 1 aromatic rings. The zero-order valence-electron chi connectivity index (χ0n) is 21.4. The van der Waals surface area contributed by atoms with Gasteiger partial charge in [0.1, 0.15) is 17.2 Å². The molecule has 5 aliphatic rings. The molecule has 6 rings (SSSR count). The third-order valence-electron chi connectivity index (χ3n) is 10.2. The van der Waals surface area contributed by atoms with E-state index in [9.17, 15) is 10.2 Å². The highest BCUT2D eigenvalue weighted by Gasteiger charge is 2.63. The maximum absolute atomic E-state index is 16.0. The van der Waals surface area contributed by atoms with Crippen LogP contribution in [0.3, 0.4) is 0 Å². The summed E-state index contributed by atoms with van der Waals surface area (Å²) in [5.74, 6) is 5.05. The van der Waals surface area contributed by atoms with Crippen LogP contribution in [0.4, 0.5) is 14.5 Å². The zero-order valence-corrected chi connectivity index (χ0v) is 21.4. The van der Waals surface area contributed by atoms with E-state index in [1.165, 1.54) is 23.3 Å². The topological polar surface area (TPSA) is 43.7 Å². The molecule has 192 valence electrons. The van der Waals surface area contributed by atoms with E-state index in [0.29, 0.717) is 24.9 Å². The molecule has 1 aliphatic heterocycles. The molecule has 1 unspecified atom stereocenters. The fourth-order valence-electron chi connectivity index (χ4n) is 8.52. The van der Waals surface area contributed by atoms with Gasteiger partial charge < -0.3 is 15.1 Å². The van der Waals surface area contributed by atoms with E-state index < -0.39 is 34.7 Å². The molecule has 0 bridgehead atoms. The standard InChI is InChI=1S/C31H37F2NO2/c1-3-11-31(36)12-10-25-23-8-6-19-15-21(35)7-9-22(19)28(23)24(18-30(25,31)2)29-26(32)16-20(17-27(29)33)34-13-4-5-14-34/h15-17,21,23-25,35-36H,4-10,12-14,18H2,1-2H3/t21?,23-,24-,25-,30-,31-/m0/s1. The number of aliphatic hydroxyl groups is 2. The minimum atomic E-state index is -1.15. The Kier molecular flexibility index (Phi) is 5.85. The molecule has 2 N–H and O–H groups in total. The second-order valence-electron chi connectivity index (χ2n) is 11.9. The van der Waals surface area contributed by atoms with E-state index in [1.54, 1.807) is 6.92 Å². The van der Waals surface area contributed by atoms with Crippen molar-refractivity contribution in [2.45, 2.75) is 89.3 Å². The highest BCUT2D eigenvalue weighted by molar-refractivity contribution is 5.54. The Morgan fingerprint density at radius 2 is 1.78 bits per heavy atom. The Morgan fingerprint density at radius 1 is 1.06 bits per heavy atom. The summed E-state index contributed by atoms with van der Waals surface area (Å²) >= 11 is 0. The van der Waals surface area contributed by atoms with E-state index in [4.69, 9.17) is 0 Å². The molecule has 36 heavy (non-hydrogen) atoms. The lowest BCUT2D eigenvalue weighted by Gasteiger charge is -2.53. The Labute approximate surface area is 213 Å². The number of hydrogen-bond acceptors (Lipinski definition) is 3. The first-order valence-electron chi connectivity index (χ1n) is 13.8. The minimum absolute atomic E-state index is 0.149. The normalized spacial score (nSPS) is 37.6. The first kappa shape index (κ1) is 24.2. The molecular weight excluding hydrogens is 456 g/mol. The van der Waals surface area contributed by atoms with Gasteiger partial charge in [-0.1, -0.05) is 24.5 Å². The van der Waals surface area contributed by atoms with Gasteiger partial charge in [-0.05, 0) is 99.8 Å². The van der Waals surface area contributed by atoms with Crippen molar-refractivity contribution >= 4 is 5.69 Å². The fourth-order valence-corrected chi connectivity index (χ4v) is 8.52. The smallest absolute Gasteiger partial charge is 0.131 e. The van der Waals surface area contributed by atoms with E-state index in [-0.39, 0.29) is 17.4 Å². The van der Waals surface area contributed by atoms with Crippen LogP contribution in [-0.2, 0) is 0 Å². The lowest BCUT2D eigenvalue weighted by atomic mass is 9.51. The van der Waals surface area contributed by atoms with Crippen LogP contribution < -0.4 is 4.90 Å². The molecule has 5 heteroatoms. The summed E-state index contributed by atoms with van der Waals surface area (Å²) in [5, 5.41) is 22.1. The van der Waals surface area contributed by atoms with Gasteiger partial charge in [0.2, 0.25) is 0 Å². The quantitative estimate of drug-likeness (QED) is 0.496. The lowest BCUT2D eigenvalue weighted by Crippen LogP contribution is -2.51. The molecule has 3 nitrogen and oxygen atoms in total. The van der Waals surface area contributed by atoms with Crippen molar-refractivity contribution < 1.29 is 19.0 Å². The highest BCUT2D eigenvalue weighted by atomic mass is 19.1. The lowest BCUT2D eigenvalue weighted by molar-refractivity contribution is -0.0518. The number of rotatable bonds is 2. The number of anilines is 1. The highest BCUT2D eigenvalue weighted by Crippen LogP contribution is 2.67. The van der Waals surface area contributed by atoms with Gasteiger partial charge in [0, 0.05) is 35.7 Å². The van der Waals surface area contributed by atoms with Gasteiger partial charge in [-0.3, -0.25) is 0 Å². The van der Waals surface area contributed by atoms with Gasteiger partial charge in [0.25, 0.3) is 0 Å². The van der Waals surface area contributed by atoms with E-state index in [1.807, 2.05) is 6.08 Å². The van der Waals surface area contributed by atoms with Gasteiger partial charge in [0.15, 0.2) is 0 Å². The predicted octanol–water partition coefficient (Wildman–Crippen LogP) is 6.01. The molecule has 0 spiro atoms. The van der Waals surface area contributed by atoms with Crippen LogP contribution in [0.2, 0.25) is 0 Å². The molecule has 0 amide bonds. The number of aliphatic hydroxyl groups excluding tert-OH is 1. The molecule has 6 atom stereocenters. The first-order valence-corrected chi connectivity index (χ1v) is 13.8. The number of benzene rings is 1. The Balaban J connectivity index is 1.52. The van der Waals surface area contributed by atoms with Crippen molar-refractivity contribution in [2.75, 3.05) is 18.0 Å². The van der Waals surface area contributed by atoms with E-state index in [2.05, 4.69) is 23.7 Å². The molecule has 2 saturated carbocycles. The summed E-state index contributed by atoms with van der Waals surface area (Å²) in [6.07, 6.45) is 8.70. The first-order chi connectivity index (χ1) is 17.3. The van der Waals surface area contributed by atoms with Gasteiger partial charge in [-0.2, -0.15) is 0 Å². The molecule has 1 saturated heterocycles. The monoisotopic (exact) mass is 493 g/mol. The van der Waals surface area contributed by atoms with Crippen LogP contribution in [0.1, 0.15) is 83.1 Å². The van der Waals surface area contributed by atoms with Gasteiger partial charge in [0.05, 0.1) is 6.10 Å². The van der Waals surface area contributed by atoms with Crippen LogP contribution in [0.15, 0.2) is 34.9 Å². The van der Waals surface area contributed by atoms with Crippen molar-refractivity contribution in [1.29, 1.82) is 0 Å². The maximum atomic E-state index is 16.0. The van der Waals surface area contributed by atoms with Crippen molar-refractivity contribution in [3.05, 3.63) is 52.1 Å². The van der Waals surface area contributed by atoms with Crippen LogP contribution in [0.25, 0.3) is 0 Å². The van der Waals surface area contributed by atoms with Gasteiger partial charge in [-0.25, -0.2) is 8.78 Å². The van der Waals surface area contributed by atoms with Crippen molar-refractivity contribution in [3.63, 3.8) is 0 Å². The summed E-state index contributed by atoms with van der Waals surface area (Å²) in [6.45, 7) is 5.52. The number of halogens is 2. The van der Waals surface area contributed by atoms with Crippen LogP contribution in [0, 0.1) is 40.7 Å².